The van der Waals surface area contributed by atoms with Gasteiger partial charge >= 0.3 is 6.09 Å². The van der Waals surface area contributed by atoms with Crippen LogP contribution in [0, 0.1) is 19.8 Å². The highest BCUT2D eigenvalue weighted by atomic mass is 16.6. The number of likely N-dealkylation sites (N-methyl/N-ethyl adjacent to an activating group) is 1. The SMILES string of the molecule is CCCCCNC(=O)C(c1ccc(C)c(C)c1)N(CC)C(=O)C(NC(=O)OC(C)(C)C)C(C)C. The van der Waals surface area contributed by atoms with Crippen LogP contribution in [-0.4, -0.2) is 47.5 Å². The Morgan fingerprint density at radius 3 is 2.18 bits per heavy atom. The first kappa shape index (κ1) is 29.5. The Morgan fingerprint density at radius 1 is 1.03 bits per heavy atom. The highest BCUT2D eigenvalue weighted by Crippen LogP contribution is 2.25. The van der Waals surface area contributed by atoms with Crippen LogP contribution in [0.1, 0.15) is 90.5 Å². The van der Waals surface area contributed by atoms with E-state index in [9.17, 15) is 14.4 Å². The zero-order valence-electron chi connectivity index (χ0n) is 22.6. The second-order valence-corrected chi connectivity index (χ2v) is 10.2. The van der Waals surface area contributed by atoms with Crippen molar-refractivity contribution >= 4 is 17.9 Å². The van der Waals surface area contributed by atoms with Gasteiger partial charge in [0.25, 0.3) is 0 Å². The molecule has 0 aliphatic heterocycles. The fourth-order valence-electron chi connectivity index (χ4n) is 3.68. The van der Waals surface area contributed by atoms with Crippen LogP contribution >= 0.6 is 0 Å². The normalized spacial score (nSPS) is 13.2. The molecule has 0 fully saturated rings. The summed E-state index contributed by atoms with van der Waals surface area (Å²) in [6.45, 7) is 17.9. The van der Waals surface area contributed by atoms with E-state index in [0.29, 0.717) is 13.1 Å². The van der Waals surface area contributed by atoms with Crippen molar-refractivity contribution < 1.29 is 19.1 Å². The number of carbonyl (C=O) groups excluding carboxylic acids is 3. The van der Waals surface area contributed by atoms with Gasteiger partial charge in [-0.1, -0.05) is 51.8 Å². The first-order chi connectivity index (χ1) is 15.8. The maximum atomic E-state index is 13.7. The standard InChI is InChI=1S/C27H45N3O4/c1-10-12-13-16-28-24(31)23(21-15-14-19(5)20(6)17-21)30(11-2)25(32)22(18(3)4)29-26(33)34-27(7,8)9/h14-15,17-18,22-23H,10-13,16H2,1-9H3,(H,28,31)(H,29,33). The van der Waals surface area contributed by atoms with Crippen LogP contribution in [0.25, 0.3) is 0 Å². The summed E-state index contributed by atoms with van der Waals surface area (Å²) in [7, 11) is 0. The Balaban J connectivity index is 3.30. The van der Waals surface area contributed by atoms with Crippen molar-refractivity contribution in [3.63, 3.8) is 0 Å². The average molecular weight is 476 g/mol. The van der Waals surface area contributed by atoms with E-state index < -0.39 is 23.8 Å². The van der Waals surface area contributed by atoms with E-state index in [1.807, 2.05) is 52.8 Å². The van der Waals surface area contributed by atoms with E-state index in [1.165, 1.54) is 0 Å². The van der Waals surface area contributed by atoms with Gasteiger partial charge in [0.15, 0.2) is 0 Å². The van der Waals surface area contributed by atoms with Gasteiger partial charge in [-0.2, -0.15) is 0 Å². The fourth-order valence-corrected chi connectivity index (χ4v) is 3.68. The van der Waals surface area contributed by atoms with Crippen LogP contribution in [0.4, 0.5) is 4.79 Å². The Labute approximate surface area is 206 Å². The molecule has 0 aliphatic rings. The third-order valence-electron chi connectivity index (χ3n) is 5.72. The van der Waals surface area contributed by atoms with Crippen molar-refractivity contribution in [1.82, 2.24) is 15.5 Å². The van der Waals surface area contributed by atoms with E-state index in [0.717, 1.165) is 36.0 Å². The second-order valence-electron chi connectivity index (χ2n) is 10.2. The lowest BCUT2D eigenvalue weighted by Crippen LogP contribution is -2.54. The van der Waals surface area contributed by atoms with Crippen molar-refractivity contribution in [3.8, 4) is 0 Å². The minimum atomic E-state index is -0.822. The largest absolute Gasteiger partial charge is 0.444 e. The molecular formula is C27H45N3O4. The smallest absolute Gasteiger partial charge is 0.408 e. The third kappa shape index (κ3) is 8.99. The molecule has 1 rings (SSSR count). The number of carbonyl (C=O) groups is 3. The minimum absolute atomic E-state index is 0.193. The number of hydrogen-bond acceptors (Lipinski definition) is 4. The van der Waals surface area contributed by atoms with Gasteiger partial charge in [-0.15, -0.1) is 0 Å². The molecule has 0 radical (unpaired) electrons. The fraction of sp³-hybridized carbons (Fsp3) is 0.667. The predicted octanol–water partition coefficient (Wildman–Crippen LogP) is 5.05. The molecule has 0 saturated carbocycles. The number of unbranched alkanes of at least 4 members (excludes halogenated alkanes) is 2. The van der Waals surface area contributed by atoms with Gasteiger partial charge in [-0.05, 0) is 70.6 Å². The molecule has 1 aromatic carbocycles. The summed E-state index contributed by atoms with van der Waals surface area (Å²) >= 11 is 0. The van der Waals surface area contributed by atoms with Crippen molar-refractivity contribution in [2.24, 2.45) is 5.92 Å². The quantitative estimate of drug-likeness (QED) is 0.439. The highest BCUT2D eigenvalue weighted by molar-refractivity contribution is 5.92. The maximum absolute atomic E-state index is 13.7. The Kier molecular flexibility index (Phi) is 11.6. The molecule has 0 aliphatic carbocycles. The van der Waals surface area contributed by atoms with Crippen molar-refractivity contribution in [3.05, 3.63) is 34.9 Å². The van der Waals surface area contributed by atoms with Crippen LogP contribution in [0.5, 0.6) is 0 Å². The van der Waals surface area contributed by atoms with E-state index in [-0.39, 0.29) is 17.7 Å². The number of benzene rings is 1. The number of aryl methyl sites for hydroxylation is 2. The van der Waals surface area contributed by atoms with Gasteiger partial charge in [0.1, 0.15) is 17.7 Å². The number of rotatable bonds is 11. The number of ether oxygens (including phenoxy) is 1. The van der Waals surface area contributed by atoms with Gasteiger partial charge in [0, 0.05) is 13.1 Å². The topological polar surface area (TPSA) is 87.7 Å². The zero-order chi connectivity index (χ0) is 26.1. The highest BCUT2D eigenvalue weighted by Gasteiger charge is 2.36. The summed E-state index contributed by atoms with van der Waals surface area (Å²) in [6, 6.07) is 4.23. The molecule has 0 saturated heterocycles. The van der Waals surface area contributed by atoms with Gasteiger partial charge < -0.3 is 20.3 Å². The first-order valence-electron chi connectivity index (χ1n) is 12.5. The summed E-state index contributed by atoms with van der Waals surface area (Å²) in [5.74, 6) is -0.716. The molecule has 2 unspecified atom stereocenters. The summed E-state index contributed by atoms with van der Waals surface area (Å²) in [5, 5.41) is 5.74. The van der Waals surface area contributed by atoms with Gasteiger partial charge in [0.2, 0.25) is 11.8 Å². The zero-order valence-corrected chi connectivity index (χ0v) is 22.6. The molecule has 0 heterocycles. The van der Waals surface area contributed by atoms with E-state index in [1.54, 1.807) is 25.7 Å². The Bertz CT molecular complexity index is 830. The molecule has 1 aromatic rings. The molecule has 0 bridgehead atoms. The molecule has 0 aromatic heterocycles. The third-order valence-corrected chi connectivity index (χ3v) is 5.72. The average Bonchev–Trinajstić information content (AvgIpc) is 2.73. The molecule has 2 N–H and O–H groups in total. The molecule has 2 atom stereocenters. The molecule has 7 nitrogen and oxygen atoms in total. The van der Waals surface area contributed by atoms with Crippen LogP contribution in [0.15, 0.2) is 18.2 Å². The number of nitrogens with one attached hydrogen (secondary N) is 2. The van der Waals surface area contributed by atoms with Gasteiger partial charge in [-0.25, -0.2) is 4.79 Å². The lowest BCUT2D eigenvalue weighted by Gasteiger charge is -2.35. The lowest BCUT2D eigenvalue weighted by molar-refractivity contribution is -0.143. The van der Waals surface area contributed by atoms with Crippen LogP contribution in [0.3, 0.4) is 0 Å². The monoisotopic (exact) mass is 475 g/mol. The van der Waals surface area contributed by atoms with Gasteiger partial charge in [0.05, 0.1) is 0 Å². The summed E-state index contributed by atoms with van der Waals surface area (Å²) < 4.78 is 5.38. The number of hydrogen-bond donors (Lipinski definition) is 2. The Hall–Kier alpha value is -2.57. The molecule has 7 heteroatoms. The predicted molar refractivity (Wildman–Crippen MR) is 137 cm³/mol. The second kappa shape index (κ2) is 13.4. The summed E-state index contributed by atoms with van der Waals surface area (Å²) in [5.41, 5.74) is 2.24. The van der Waals surface area contributed by atoms with Crippen molar-refractivity contribution in [2.75, 3.05) is 13.1 Å². The van der Waals surface area contributed by atoms with E-state index in [4.69, 9.17) is 4.74 Å². The Morgan fingerprint density at radius 2 is 1.68 bits per heavy atom. The molecule has 3 amide bonds. The molecular weight excluding hydrogens is 430 g/mol. The number of alkyl carbamates (subject to hydrolysis) is 1. The maximum Gasteiger partial charge on any atom is 0.408 e. The molecule has 0 spiro atoms. The number of amides is 3. The lowest BCUT2D eigenvalue weighted by atomic mass is 9.96. The van der Waals surface area contributed by atoms with Crippen LogP contribution in [-0.2, 0) is 14.3 Å². The van der Waals surface area contributed by atoms with Crippen molar-refractivity contribution in [2.45, 2.75) is 99.3 Å². The summed E-state index contributed by atoms with van der Waals surface area (Å²) in [6.07, 6.45) is 2.32. The van der Waals surface area contributed by atoms with Crippen LogP contribution < -0.4 is 10.6 Å². The van der Waals surface area contributed by atoms with E-state index >= 15 is 0 Å². The molecule has 34 heavy (non-hydrogen) atoms. The first-order valence-corrected chi connectivity index (χ1v) is 12.5. The minimum Gasteiger partial charge on any atom is -0.444 e. The summed E-state index contributed by atoms with van der Waals surface area (Å²) in [4.78, 5) is 41.2. The van der Waals surface area contributed by atoms with Crippen LogP contribution in [0.2, 0.25) is 0 Å². The van der Waals surface area contributed by atoms with Crippen molar-refractivity contribution in [1.29, 1.82) is 0 Å². The number of nitrogens with zero attached hydrogens (tertiary/aromatic N) is 1. The molecule has 192 valence electrons. The van der Waals surface area contributed by atoms with E-state index in [2.05, 4.69) is 17.6 Å². The van der Waals surface area contributed by atoms with Gasteiger partial charge in [-0.3, -0.25) is 9.59 Å².